The van der Waals surface area contributed by atoms with Gasteiger partial charge in [0.25, 0.3) is 5.91 Å². The molecule has 0 bridgehead atoms. The number of hydrogen-bond donors (Lipinski definition) is 2. The van der Waals surface area contributed by atoms with E-state index in [2.05, 4.69) is 32.6 Å². The largest absolute Gasteiger partial charge is 0.446 e. The second kappa shape index (κ2) is 35.9. The average molecular weight is 1460 g/mol. The van der Waals surface area contributed by atoms with Crippen molar-refractivity contribution in [1.82, 2.24) is 24.5 Å². The van der Waals surface area contributed by atoms with Crippen LogP contribution in [0.4, 0.5) is 52.6 Å². The van der Waals surface area contributed by atoms with Crippen molar-refractivity contribution in [2.75, 3.05) is 115 Å². The number of ether oxygens (including phenoxy) is 3. The third-order valence-corrected chi connectivity index (χ3v) is 19.6. The van der Waals surface area contributed by atoms with Crippen molar-refractivity contribution in [3.8, 4) is 11.1 Å². The Kier molecular flexibility index (Phi) is 28.6. The molecule has 3 heterocycles. The van der Waals surface area contributed by atoms with Gasteiger partial charge in [-0.25, -0.2) is 9.18 Å². The highest BCUT2D eigenvalue weighted by molar-refractivity contribution is 5.95. The first kappa shape index (κ1) is 79.8. The lowest BCUT2D eigenvalue weighted by Crippen LogP contribution is -2.50. The summed E-state index contributed by atoms with van der Waals surface area (Å²) in [6.45, 7) is 4.85. The Bertz CT molecular complexity index is 3650. The number of hydrogen-bond acceptors (Lipinski definition) is 11. The second-order valence-corrected chi connectivity index (χ2v) is 25.9. The molecule has 3 fully saturated rings. The number of para-hydroxylation sites is 1. The number of unbranched alkanes of at least 4 members (excludes halogenated alkanes) is 2. The van der Waals surface area contributed by atoms with Gasteiger partial charge in [0, 0.05) is 108 Å². The van der Waals surface area contributed by atoms with Gasteiger partial charge in [0.2, 0.25) is 17.7 Å². The number of piperidine rings is 2. The summed E-state index contributed by atoms with van der Waals surface area (Å²) < 4.78 is 116. The van der Waals surface area contributed by atoms with Gasteiger partial charge in [-0.3, -0.25) is 24.5 Å². The predicted molar refractivity (Wildman–Crippen MR) is 378 cm³/mol. The van der Waals surface area contributed by atoms with Gasteiger partial charge in [-0.2, -0.15) is 26.3 Å². The fraction of sp³-hybridized carbons (Fsp3) is 0.446. The lowest BCUT2D eigenvalue weighted by atomic mass is 9.72. The number of likely N-dealkylation sites (N-methyl/N-ethyl adjacent to an activating group) is 2. The second-order valence-electron chi connectivity index (χ2n) is 25.9. The molecule has 16 nitrogen and oxygen atoms in total. The predicted octanol–water partition coefficient (Wildman–Crippen LogP) is 14.5. The maximum atomic E-state index is 14.2. The minimum absolute atomic E-state index is 0. The van der Waals surface area contributed by atoms with Crippen LogP contribution in [0.3, 0.4) is 0 Å². The number of carbonyl (C=O) groups is 5. The molecular weight excluding hydrogens is 1370 g/mol. The Morgan fingerprint density at radius 3 is 1.95 bits per heavy atom. The molecule has 26 heteroatoms. The number of halogens is 10. The van der Waals surface area contributed by atoms with Crippen molar-refractivity contribution in [2.24, 2.45) is 0 Å². The summed E-state index contributed by atoms with van der Waals surface area (Å²) in [6.07, 6.45) is -3.89. The van der Waals surface area contributed by atoms with Crippen LogP contribution < -0.4 is 15.5 Å². The highest BCUT2D eigenvalue weighted by Crippen LogP contribution is 2.49. The zero-order valence-electron chi connectivity index (χ0n) is 56.3. The molecular formula is C74H88Cl3F7N8O8. The number of nitrogens with zero attached hydrogens (tertiary/aromatic N) is 6. The number of alkyl halides is 6. The van der Waals surface area contributed by atoms with E-state index in [4.69, 9.17) is 14.2 Å². The van der Waals surface area contributed by atoms with Gasteiger partial charge in [0.15, 0.2) is 0 Å². The molecule has 2 atom stereocenters. The lowest BCUT2D eigenvalue weighted by molar-refractivity contribution is -0.143. The summed E-state index contributed by atoms with van der Waals surface area (Å²) in [5, 5.41) is 6.37. The minimum atomic E-state index is -5.15. The number of likely N-dealkylation sites (tertiary alicyclic amines) is 2. The molecule has 5 amide bonds. The van der Waals surface area contributed by atoms with E-state index in [1.165, 1.54) is 24.3 Å². The van der Waals surface area contributed by atoms with E-state index in [1.807, 2.05) is 98.0 Å². The maximum absolute atomic E-state index is 14.2. The van der Waals surface area contributed by atoms with Crippen molar-refractivity contribution in [3.63, 3.8) is 0 Å². The number of fused-ring (bicyclic) bond motifs is 2. The summed E-state index contributed by atoms with van der Waals surface area (Å²) in [6, 6.07) is 39.6. The van der Waals surface area contributed by atoms with Crippen LogP contribution in [-0.2, 0) is 58.4 Å². The van der Waals surface area contributed by atoms with E-state index >= 15 is 0 Å². The van der Waals surface area contributed by atoms with Gasteiger partial charge in [-0.15, -0.1) is 37.2 Å². The van der Waals surface area contributed by atoms with Crippen molar-refractivity contribution in [2.45, 2.75) is 113 Å². The van der Waals surface area contributed by atoms with Crippen LogP contribution in [0.5, 0.6) is 0 Å². The van der Waals surface area contributed by atoms with Gasteiger partial charge in [-0.1, -0.05) is 91.3 Å². The van der Waals surface area contributed by atoms with E-state index < -0.39 is 64.6 Å². The molecule has 0 aromatic heterocycles. The van der Waals surface area contributed by atoms with Crippen molar-refractivity contribution in [1.29, 1.82) is 0 Å². The Hall–Kier alpha value is -7.51. The highest BCUT2D eigenvalue weighted by atomic mass is 35.5. The van der Waals surface area contributed by atoms with Crippen molar-refractivity contribution in [3.05, 3.63) is 185 Å². The van der Waals surface area contributed by atoms with Crippen LogP contribution in [0, 0.1) is 5.82 Å². The molecule has 0 unspecified atom stereocenters. The normalized spacial score (nSPS) is 17.6. The van der Waals surface area contributed by atoms with E-state index in [9.17, 15) is 54.7 Å². The molecule has 3 aliphatic heterocycles. The van der Waals surface area contributed by atoms with Crippen LogP contribution >= 0.6 is 37.2 Å². The fourth-order valence-corrected chi connectivity index (χ4v) is 13.7. The number of carbonyl (C=O) groups excluding carboxylic acids is 5. The van der Waals surface area contributed by atoms with Gasteiger partial charge in [-0.05, 0) is 154 Å². The highest BCUT2D eigenvalue weighted by Gasteiger charge is 2.50. The summed E-state index contributed by atoms with van der Waals surface area (Å²) in [4.78, 5) is 77.2. The number of anilines is 3. The molecule has 4 aliphatic rings. The fourth-order valence-electron chi connectivity index (χ4n) is 13.7. The monoisotopic (exact) mass is 1450 g/mol. The molecule has 6 aromatic carbocycles. The molecule has 3 saturated heterocycles. The number of benzene rings is 6. The first-order valence-corrected chi connectivity index (χ1v) is 33.3. The zero-order chi connectivity index (χ0) is 68.9. The maximum Gasteiger partial charge on any atom is 0.416 e. The van der Waals surface area contributed by atoms with Gasteiger partial charge in [0.1, 0.15) is 30.9 Å². The summed E-state index contributed by atoms with van der Waals surface area (Å²) in [5.41, 5.74) is 1.39. The Morgan fingerprint density at radius 2 is 1.27 bits per heavy atom. The van der Waals surface area contributed by atoms with Crippen LogP contribution in [0.2, 0.25) is 0 Å². The molecule has 0 saturated carbocycles. The first-order chi connectivity index (χ1) is 46.5. The topological polar surface area (TPSA) is 157 Å². The van der Waals surface area contributed by atoms with Crippen LogP contribution in [0.25, 0.3) is 11.1 Å². The first-order valence-electron chi connectivity index (χ1n) is 33.3. The molecule has 6 aromatic rings. The quantitative estimate of drug-likeness (QED) is 0.0394. The third-order valence-electron chi connectivity index (χ3n) is 19.6. The van der Waals surface area contributed by atoms with Gasteiger partial charge >= 0.3 is 18.4 Å². The molecule has 1 aliphatic carbocycles. The Labute approximate surface area is 598 Å². The molecule has 1 spiro atoms. The SMILES string of the molecule is CN(CCN1CCC(OC(=O)Nc2ccccc2-c2ccccc2)CC1)C(=O)CCCCCNc1ccc(N(C)C(=O)CCCN(C)C(=O)CO[C@H]2Cc3ccccc3C23CCN(CC[C@]2(c4ccc(F)cc4)CN(C(=O)c4cc(C(F)(F)F)cc(C(F)(F)F)c4)CO2)CC3)cc1.Cl.Cl.Cl. The standard InChI is InChI=1S/C74H85F7N8O8.3ClH/c1-84(37-14-22-67(91)86(3)60-29-27-59(28-30-60)82-36-13-5-8-21-66(90)85(2)43-44-87-38-31-61(32-39-87)97-70(94)83-64-20-12-10-18-62(64)52-15-6-4-7-16-52)68(92)49-95-65-47-53-17-9-11-19-63(53)71(65)33-40-88(41-34-71)42-35-72(55-23-25-58(75)26-24-55)50-89(51-96-72)69(93)54-45-56(73(76,77)78)48-57(46-54)74(79,80)81;;;/h4,6-7,9-12,15-20,23-30,45-46,48,61,65,82H,5,8,13-14,21-22,31-44,47,49-51H2,1-3H3,(H,83,94);3*1H/t65-,72+;;;/m0.../s1. The zero-order valence-corrected chi connectivity index (χ0v) is 58.8. The number of nitrogens with one attached hydrogen (secondary N) is 2. The third kappa shape index (κ3) is 20.4. The van der Waals surface area contributed by atoms with E-state index in [0.29, 0.717) is 88.2 Å². The van der Waals surface area contributed by atoms with Gasteiger partial charge < -0.3 is 48.9 Å². The average Bonchev–Trinajstić information content (AvgIpc) is 1.58. The van der Waals surface area contributed by atoms with Crippen LogP contribution in [0.1, 0.15) is 109 Å². The Morgan fingerprint density at radius 1 is 0.650 bits per heavy atom. The molecule has 0 radical (unpaired) electrons. The number of amides is 5. The lowest BCUT2D eigenvalue weighted by Gasteiger charge is -2.44. The molecule has 10 rings (SSSR count). The summed E-state index contributed by atoms with van der Waals surface area (Å²) >= 11 is 0. The van der Waals surface area contributed by atoms with Crippen LogP contribution in [0.15, 0.2) is 146 Å². The van der Waals surface area contributed by atoms with Crippen LogP contribution in [-0.4, -0.2) is 166 Å². The van der Waals surface area contributed by atoms with Crippen molar-refractivity contribution < 1.29 is 68.9 Å². The number of rotatable bonds is 26. The summed E-state index contributed by atoms with van der Waals surface area (Å²) in [5.74, 6) is -1.80. The van der Waals surface area contributed by atoms with Crippen molar-refractivity contribution >= 4 is 84.0 Å². The molecule has 542 valence electrons. The summed E-state index contributed by atoms with van der Waals surface area (Å²) in [7, 11) is 5.28. The van der Waals surface area contributed by atoms with E-state index in [-0.39, 0.29) is 99.2 Å². The molecule has 2 N–H and O–H groups in total. The van der Waals surface area contributed by atoms with Gasteiger partial charge in [0.05, 0.1) is 29.5 Å². The van der Waals surface area contributed by atoms with E-state index in [1.54, 1.807) is 28.8 Å². The van der Waals surface area contributed by atoms with E-state index in [0.717, 1.165) is 96.8 Å². The smallest absolute Gasteiger partial charge is 0.416 e. The Balaban J connectivity index is 0.00000468. The minimum Gasteiger partial charge on any atom is -0.446 e. The molecule has 100 heavy (non-hydrogen) atoms.